The fourth-order valence-electron chi connectivity index (χ4n) is 2.27. The van der Waals surface area contributed by atoms with Gasteiger partial charge in [-0.05, 0) is 37.0 Å². The highest BCUT2D eigenvalue weighted by Crippen LogP contribution is 2.36. The van der Waals surface area contributed by atoms with Gasteiger partial charge in [0.2, 0.25) is 0 Å². The molecule has 0 bridgehead atoms. The number of fused-ring (bicyclic) bond motifs is 1. The topological polar surface area (TPSA) is 49.3 Å². The lowest BCUT2D eigenvalue weighted by molar-refractivity contribution is 0.469. The predicted octanol–water partition coefficient (Wildman–Crippen LogP) is 1.74. The largest absolute Gasteiger partial charge is 0.508 e. The first kappa shape index (κ1) is 12.6. The lowest BCUT2D eigenvalue weighted by Gasteiger charge is -2.16. The number of nitrogens with one attached hydrogen (secondary N) is 1. The Balaban J connectivity index is 2.03. The van der Waals surface area contributed by atoms with Crippen LogP contribution in [0.3, 0.4) is 0 Å². The van der Waals surface area contributed by atoms with E-state index in [1.54, 1.807) is 12.3 Å². The van der Waals surface area contributed by atoms with E-state index in [4.69, 9.17) is 0 Å². The summed E-state index contributed by atoms with van der Waals surface area (Å²) in [4.78, 5) is 0. The molecule has 2 N–H and O–H groups in total. The van der Waals surface area contributed by atoms with E-state index in [9.17, 15) is 9.32 Å². The Hall–Kier alpha value is -0.870. The highest BCUT2D eigenvalue weighted by atomic mass is 32.2. The van der Waals surface area contributed by atoms with Gasteiger partial charge in [-0.2, -0.15) is 0 Å². The van der Waals surface area contributed by atoms with Crippen LogP contribution < -0.4 is 5.32 Å². The van der Waals surface area contributed by atoms with Crippen molar-refractivity contribution in [2.24, 2.45) is 0 Å². The Kier molecular flexibility index (Phi) is 3.84. The van der Waals surface area contributed by atoms with Crippen LogP contribution in [-0.2, 0) is 17.2 Å². The quantitative estimate of drug-likeness (QED) is 0.859. The summed E-state index contributed by atoms with van der Waals surface area (Å²) in [5.74, 6) is 0.402. The van der Waals surface area contributed by atoms with E-state index in [0.29, 0.717) is 11.8 Å². The Labute approximate surface area is 105 Å². The van der Waals surface area contributed by atoms with Crippen molar-refractivity contribution in [2.75, 3.05) is 12.8 Å². The molecule has 0 fully saturated rings. The minimum Gasteiger partial charge on any atom is -0.508 e. The van der Waals surface area contributed by atoms with Crippen LogP contribution in [0.25, 0.3) is 0 Å². The minimum absolute atomic E-state index is 0.163. The maximum atomic E-state index is 11.3. The van der Waals surface area contributed by atoms with Gasteiger partial charge in [0.05, 0.1) is 0 Å². The van der Waals surface area contributed by atoms with Crippen molar-refractivity contribution >= 4 is 10.8 Å². The van der Waals surface area contributed by atoms with Gasteiger partial charge < -0.3 is 10.4 Å². The SMILES string of the molecule is CC(CNC1CCc2c(O)cccc21)S(C)=O. The minimum atomic E-state index is -0.784. The molecule has 0 amide bonds. The normalized spacial score (nSPS) is 22.1. The number of hydrogen-bond donors (Lipinski definition) is 2. The van der Waals surface area contributed by atoms with Crippen molar-refractivity contribution in [1.29, 1.82) is 0 Å². The molecule has 94 valence electrons. The third-order valence-electron chi connectivity index (χ3n) is 3.46. The van der Waals surface area contributed by atoms with Crippen molar-refractivity contribution in [3.05, 3.63) is 29.3 Å². The molecule has 0 aliphatic heterocycles. The Bertz CT molecular complexity index is 433. The molecular formula is C13H19NO2S. The standard InChI is InChI=1S/C13H19NO2S/c1-9(17(2)16)8-14-12-7-6-11-10(12)4-3-5-13(11)15/h3-5,9,12,14-15H,6-8H2,1-2H3. The zero-order chi connectivity index (χ0) is 12.4. The van der Waals surface area contributed by atoms with E-state index >= 15 is 0 Å². The number of aromatic hydroxyl groups is 1. The summed E-state index contributed by atoms with van der Waals surface area (Å²) in [5, 5.41) is 13.3. The number of phenolic OH excluding ortho intramolecular Hbond substituents is 1. The molecule has 1 aromatic carbocycles. The smallest absolute Gasteiger partial charge is 0.119 e. The molecule has 0 saturated heterocycles. The van der Waals surface area contributed by atoms with Gasteiger partial charge in [0.1, 0.15) is 5.75 Å². The van der Waals surface area contributed by atoms with Crippen LogP contribution in [0.15, 0.2) is 18.2 Å². The third kappa shape index (κ3) is 2.69. The zero-order valence-electron chi connectivity index (χ0n) is 10.3. The number of benzene rings is 1. The number of phenols is 1. The zero-order valence-corrected chi connectivity index (χ0v) is 11.1. The van der Waals surface area contributed by atoms with Gasteiger partial charge in [-0.1, -0.05) is 12.1 Å². The first-order chi connectivity index (χ1) is 8.09. The molecule has 0 aromatic heterocycles. The molecule has 0 heterocycles. The van der Waals surface area contributed by atoms with E-state index in [0.717, 1.165) is 24.9 Å². The molecule has 4 heteroatoms. The summed E-state index contributed by atoms with van der Waals surface area (Å²) in [6.07, 6.45) is 3.67. The van der Waals surface area contributed by atoms with Crippen molar-refractivity contribution < 1.29 is 9.32 Å². The second kappa shape index (κ2) is 5.19. The highest BCUT2D eigenvalue weighted by molar-refractivity contribution is 7.84. The van der Waals surface area contributed by atoms with Crippen LogP contribution >= 0.6 is 0 Å². The summed E-state index contributed by atoms with van der Waals surface area (Å²) < 4.78 is 11.3. The first-order valence-corrected chi connectivity index (χ1v) is 7.58. The molecule has 1 aliphatic rings. The van der Waals surface area contributed by atoms with Crippen LogP contribution in [0.5, 0.6) is 5.75 Å². The summed E-state index contributed by atoms with van der Waals surface area (Å²) in [5.41, 5.74) is 2.26. The van der Waals surface area contributed by atoms with Crippen molar-refractivity contribution in [1.82, 2.24) is 5.32 Å². The molecular weight excluding hydrogens is 234 g/mol. The van der Waals surface area contributed by atoms with Crippen LogP contribution in [0.1, 0.15) is 30.5 Å². The lowest BCUT2D eigenvalue weighted by atomic mass is 10.1. The molecule has 17 heavy (non-hydrogen) atoms. The molecule has 3 atom stereocenters. The summed E-state index contributed by atoms with van der Waals surface area (Å²) in [6, 6.07) is 5.98. The summed E-state index contributed by atoms with van der Waals surface area (Å²) in [6.45, 7) is 2.74. The van der Waals surface area contributed by atoms with Gasteiger partial charge >= 0.3 is 0 Å². The van der Waals surface area contributed by atoms with E-state index in [1.807, 2.05) is 13.0 Å². The molecule has 0 radical (unpaired) electrons. The third-order valence-corrected chi connectivity index (χ3v) is 4.76. The average Bonchev–Trinajstić information content (AvgIpc) is 2.70. The van der Waals surface area contributed by atoms with E-state index in [2.05, 4.69) is 11.4 Å². The van der Waals surface area contributed by atoms with Gasteiger partial charge in [-0.3, -0.25) is 4.21 Å². The molecule has 1 aromatic rings. The van der Waals surface area contributed by atoms with E-state index < -0.39 is 10.8 Å². The van der Waals surface area contributed by atoms with Crippen molar-refractivity contribution in [2.45, 2.75) is 31.1 Å². The maximum Gasteiger partial charge on any atom is 0.119 e. The first-order valence-electron chi connectivity index (χ1n) is 5.96. The maximum absolute atomic E-state index is 11.3. The number of rotatable bonds is 4. The average molecular weight is 253 g/mol. The molecule has 3 nitrogen and oxygen atoms in total. The van der Waals surface area contributed by atoms with Crippen molar-refractivity contribution in [3.63, 3.8) is 0 Å². The second-order valence-corrected chi connectivity index (χ2v) is 6.46. The van der Waals surface area contributed by atoms with Crippen LogP contribution in [-0.4, -0.2) is 27.4 Å². The van der Waals surface area contributed by atoms with Crippen LogP contribution in [0.4, 0.5) is 0 Å². The summed E-state index contributed by atoms with van der Waals surface area (Å²) >= 11 is 0. The molecule has 3 unspecified atom stereocenters. The van der Waals surface area contributed by atoms with Crippen LogP contribution in [0.2, 0.25) is 0 Å². The highest BCUT2D eigenvalue weighted by Gasteiger charge is 2.24. The monoisotopic (exact) mass is 253 g/mol. The lowest BCUT2D eigenvalue weighted by Crippen LogP contribution is -2.30. The molecule has 0 spiro atoms. The van der Waals surface area contributed by atoms with Gasteiger partial charge in [-0.15, -0.1) is 0 Å². The fourth-order valence-corrected chi connectivity index (χ4v) is 2.60. The molecule has 0 saturated carbocycles. The van der Waals surface area contributed by atoms with Gasteiger partial charge in [-0.25, -0.2) is 0 Å². The summed E-state index contributed by atoms with van der Waals surface area (Å²) in [7, 11) is -0.784. The van der Waals surface area contributed by atoms with Crippen molar-refractivity contribution in [3.8, 4) is 5.75 Å². The van der Waals surface area contributed by atoms with E-state index in [1.165, 1.54) is 5.56 Å². The van der Waals surface area contributed by atoms with Gasteiger partial charge in [0.15, 0.2) is 0 Å². The fraction of sp³-hybridized carbons (Fsp3) is 0.538. The number of hydrogen-bond acceptors (Lipinski definition) is 3. The Morgan fingerprint density at radius 2 is 2.35 bits per heavy atom. The predicted molar refractivity (Wildman–Crippen MR) is 70.7 cm³/mol. The van der Waals surface area contributed by atoms with Crippen LogP contribution in [0, 0.1) is 0 Å². The molecule has 1 aliphatic carbocycles. The van der Waals surface area contributed by atoms with E-state index in [-0.39, 0.29) is 5.25 Å². The van der Waals surface area contributed by atoms with Gasteiger partial charge in [0.25, 0.3) is 0 Å². The van der Waals surface area contributed by atoms with Gasteiger partial charge in [0, 0.05) is 34.9 Å². The Morgan fingerprint density at radius 3 is 3.06 bits per heavy atom. The second-order valence-electron chi connectivity index (χ2n) is 4.65. The Morgan fingerprint density at radius 1 is 1.59 bits per heavy atom. The molecule has 2 rings (SSSR count).